The average Bonchev–Trinajstić information content (AvgIpc) is 1.92. The first-order valence-corrected chi connectivity index (χ1v) is 3.55. The Morgan fingerprint density at radius 2 is 1.58 bits per heavy atom. The van der Waals surface area contributed by atoms with Gasteiger partial charge in [0.1, 0.15) is 0 Å². The minimum Gasteiger partial charge on any atom is -0.166 e. The van der Waals surface area contributed by atoms with Crippen molar-refractivity contribution < 1.29 is 13.2 Å². The van der Waals surface area contributed by atoms with E-state index in [0.29, 0.717) is 5.56 Å². The van der Waals surface area contributed by atoms with Gasteiger partial charge in [-0.25, -0.2) is 0 Å². The zero-order valence-corrected chi connectivity index (χ0v) is 6.87. The number of hydrogen-bond donors (Lipinski definition) is 0. The Kier molecular flexibility index (Phi) is 2.13. The summed E-state index contributed by atoms with van der Waals surface area (Å²) in [6.45, 7) is 3.46. The van der Waals surface area contributed by atoms with Crippen molar-refractivity contribution in [3.8, 4) is 0 Å². The fourth-order valence-corrected chi connectivity index (χ4v) is 0.918. The van der Waals surface area contributed by atoms with Gasteiger partial charge in [0.25, 0.3) is 0 Å². The van der Waals surface area contributed by atoms with E-state index in [1.165, 1.54) is 6.07 Å². The van der Waals surface area contributed by atoms with Crippen molar-refractivity contribution in [3.05, 3.63) is 34.9 Å². The predicted molar refractivity (Wildman–Crippen MR) is 40.9 cm³/mol. The van der Waals surface area contributed by atoms with Crippen molar-refractivity contribution in [1.29, 1.82) is 0 Å². The molecule has 0 spiro atoms. The molecular formula is C9H9F3. The van der Waals surface area contributed by atoms with Crippen LogP contribution in [0.15, 0.2) is 18.2 Å². The molecule has 3 heteroatoms. The zero-order valence-electron chi connectivity index (χ0n) is 6.87. The molecule has 0 aliphatic heterocycles. The highest BCUT2D eigenvalue weighted by Crippen LogP contribution is 2.30. The van der Waals surface area contributed by atoms with E-state index in [-0.39, 0.29) is 0 Å². The van der Waals surface area contributed by atoms with E-state index in [4.69, 9.17) is 0 Å². The van der Waals surface area contributed by atoms with Gasteiger partial charge in [0.05, 0.1) is 5.56 Å². The van der Waals surface area contributed by atoms with E-state index >= 15 is 0 Å². The summed E-state index contributed by atoms with van der Waals surface area (Å²) in [5, 5.41) is 0. The number of hydrogen-bond acceptors (Lipinski definition) is 0. The van der Waals surface area contributed by atoms with Crippen LogP contribution in [-0.4, -0.2) is 0 Å². The van der Waals surface area contributed by atoms with Crippen LogP contribution in [0.25, 0.3) is 0 Å². The lowest BCUT2D eigenvalue weighted by Gasteiger charge is -2.08. The summed E-state index contributed by atoms with van der Waals surface area (Å²) >= 11 is 0. The molecule has 0 aliphatic rings. The molecule has 66 valence electrons. The highest BCUT2D eigenvalue weighted by Gasteiger charge is 2.30. The number of aryl methyl sites for hydroxylation is 2. The molecule has 0 saturated heterocycles. The van der Waals surface area contributed by atoms with E-state index in [0.717, 1.165) is 17.7 Å². The largest absolute Gasteiger partial charge is 0.416 e. The van der Waals surface area contributed by atoms with E-state index in [2.05, 4.69) is 0 Å². The maximum absolute atomic E-state index is 12.1. The van der Waals surface area contributed by atoms with Crippen LogP contribution in [0.2, 0.25) is 0 Å². The molecule has 12 heavy (non-hydrogen) atoms. The summed E-state index contributed by atoms with van der Waals surface area (Å²) < 4.78 is 36.3. The Morgan fingerprint density at radius 1 is 1.00 bits per heavy atom. The molecule has 1 rings (SSSR count). The molecule has 0 aliphatic carbocycles. The summed E-state index contributed by atoms with van der Waals surface area (Å²) in [5.74, 6) is 0. The number of halogens is 3. The molecule has 0 bridgehead atoms. The van der Waals surface area contributed by atoms with Crippen molar-refractivity contribution >= 4 is 0 Å². The smallest absolute Gasteiger partial charge is 0.166 e. The predicted octanol–water partition coefficient (Wildman–Crippen LogP) is 3.32. The van der Waals surface area contributed by atoms with Crippen molar-refractivity contribution in [1.82, 2.24) is 0 Å². The Labute approximate surface area is 69.0 Å². The molecule has 0 nitrogen and oxygen atoms in total. The van der Waals surface area contributed by atoms with Crippen molar-refractivity contribution in [3.63, 3.8) is 0 Å². The first-order valence-electron chi connectivity index (χ1n) is 3.55. The van der Waals surface area contributed by atoms with Crippen LogP contribution in [-0.2, 0) is 6.18 Å². The minimum absolute atomic E-state index is 0.578. The van der Waals surface area contributed by atoms with Crippen LogP contribution in [0.1, 0.15) is 16.7 Å². The number of rotatable bonds is 0. The van der Waals surface area contributed by atoms with Gasteiger partial charge in [-0.15, -0.1) is 0 Å². The Morgan fingerprint density at radius 3 is 2.00 bits per heavy atom. The van der Waals surface area contributed by atoms with E-state index in [9.17, 15) is 13.2 Å². The summed E-state index contributed by atoms with van der Waals surface area (Å²) in [4.78, 5) is 0. The number of alkyl halides is 3. The second kappa shape index (κ2) is 2.81. The van der Waals surface area contributed by atoms with Crippen LogP contribution in [0.5, 0.6) is 0 Å². The third-order valence-electron chi connectivity index (χ3n) is 1.83. The van der Waals surface area contributed by atoms with Gasteiger partial charge >= 0.3 is 6.18 Å². The summed E-state index contributed by atoms with van der Waals surface area (Å²) in [6.07, 6.45) is -4.22. The standard InChI is InChI=1S/C9H9F3/c1-6-3-4-8(5-7(6)2)9(10,11)12/h3-5H,1-2H3. The van der Waals surface area contributed by atoms with Crippen molar-refractivity contribution in [2.24, 2.45) is 0 Å². The maximum Gasteiger partial charge on any atom is 0.416 e. The van der Waals surface area contributed by atoms with Gasteiger partial charge in [0.15, 0.2) is 0 Å². The third kappa shape index (κ3) is 1.78. The van der Waals surface area contributed by atoms with Crippen molar-refractivity contribution in [2.75, 3.05) is 0 Å². The molecule has 1 aromatic rings. The van der Waals surface area contributed by atoms with Crippen LogP contribution in [0, 0.1) is 13.8 Å². The fourth-order valence-electron chi connectivity index (χ4n) is 0.918. The highest BCUT2D eigenvalue weighted by atomic mass is 19.4. The van der Waals surface area contributed by atoms with E-state index in [1.54, 1.807) is 13.8 Å². The summed E-state index contributed by atoms with van der Waals surface area (Å²) in [5.41, 5.74) is 0.971. The summed E-state index contributed by atoms with van der Waals surface area (Å²) in [6, 6.07) is 3.75. The van der Waals surface area contributed by atoms with Gasteiger partial charge in [-0.2, -0.15) is 13.2 Å². The fraction of sp³-hybridized carbons (Fsp3) is 0.333. The normalized spacial score (nSPS) is 11.8. The molecule has 0 fully saturated rings. The molecule has 0 N–H and O–H groups in total. The first-order chi connectivity index (χ1) is 5.41. The second-order valence-corrected chi connectivity index (χ2v) is 2.80. The molecule has 0 amide bonds. The van der Waals surface area contributed by atoms with Crippen LogP contribution >= 0.6 is 0 Å². The topological polar surface area (TPSA) is 0 Å². The quantitative estimate of drug-likeness (QED) is 0.566. The lowest BCUT2D eigenvalue weighted by molar-refractivity contribution is -0.137. The lowest BCUT2D eigenvalue weighted by Crippen LogP contribution is -2.05. The molecule has 0 saturated carbocycles. The number of benzene rings is 1. The molecule has 0 radical (unpaired) electrons. The third-order valence-corrected chi connectivity index (χ3v) is 1.83. The monoisotopic (exact) mass is 174 g/mol. The van der Waals surface area contributed by atoms with Gasteiger partial charge in [0.2, 0.25) is 0 Å². The molecular weight excluding hydrogens is 165 g/mol. The van der Waals surface area contributed by atoms with Crippen LogP contribution in [0.4, 0.5) is 13.2 Å². The molecule has 1 aromatic carbocycles. The van der Waals surface area contributed by atoms with Gasteiger partial charge < -0.3 is 0 Å². The van der Waals surface area contributed by atoms with Gasteiger partial charge in [-0.1, -0.05) is 6.07 Å². The molecule has 0 aromatic heterocycles. The van der Waals surface area contributed by atoms with E-state index in [1.807, 2.05) is 0 Å². The van der Waals surface area contributed by atoms with Crippen LogP contribution < -0.4 is 0 Å². The zero-order chi connectivity index (χ0) is 9.35. The van der Waals surface area contributed by atoms with Gasteiger partial charge in [-0.3, -0.25) is 0 Å². The van der Waals surface area contributed by atoms with Gasteiger partial charge in [-0.05, 0) is 37.1 Å². The molecule has 0 unspecified atom stereocenters. The van der Waals surface area contributed by atoms with E-state index < -0.39 is 11.7 Å². The Bertz CT molecular complexity index is 286. The van der Waals surface area contributed by atoms with Crippen molar-refractivity contribution in [2.45, 2.75) is 20.0 Å². The first kappa shape index (κ1) is 9.10. The Balaban J connectivity index is 3.14. The minimum atomic E-state index is -4.22. The highest BCUT2D eigenvalue weighted by molar-refractivity contribution is 5.31. The SMILES string of the molecule is Cc1ccc(C(F)(F)F)cc1C. The Hall–Kier alpha value is -0.990. The van der Waals surface area contributed by atoms with Crippen LogP contribution in [0.3, 0.4) is 0 Å². The second-order valence-electron chi connectivity index (χ2n) is 2.80. The lowest BCUT2D eigenvalue weighted by atomic mass is 10.1. The molecule has 0 atom stereocenters. The average molecular weight is 174 g/mol. The summed E-state index contributed by atoms with van der Waals surface area (Å²) in [7, 11) is 0. The maximum atomic E-state index is 12.1. The van der Waals surface area contributed by atoms with Gasteiger partial charge in [0, 0.05) is 0 Å². The molecule has 0 heterocycles.